The molecular weight excluding hydrogens is 428 g/mol. The van der Waals surface area contributed by atoms with E-state index in [-0.39, 0.29) is 25.1 Å². The molecule has 1 aliphatic rings. The first-order valence-electron chi connectivity index (χ1n) is 8.97. The highest BCUT2D eigenvalue weighted by molar-refractivity contribution is 7.89. The Morgan fingerprint density at radius 1 is 1.13 bits per heavy atom. The summed E-state index contributed by atoms with van der Waals surface area (Å²) in [5, 5.41) is 2.45. The van der Waals surface area contributed by atoms with Crippen molar-refractivity contribution in [1.82, 2.24) is 9.62 Å². The normalized spacial score (nSPS) is 17.7. The van der Waals surface area contributed by atoms with Gasteiger partial charge in [0.15, 0.2) is 0 Å². The summed E-state index contributed by atoms with van der Waals surface area (Å²) >= 11 is 0. The standard InChI is InChI=1S/C19H18F4N2O4S/c20-14-7-2-4-10-17(14)30(27,28)25-11-5-8-15(25)18(26)24-12-13-6-1-3-9-16(13)29-19(21,22)23/h1-4,6-7,9-10,15H,5,8,11-12H2,(H,24,26). The molecule has 2 aromatic rings. The van der Waals surface area contributed by atoms with Crippen molar-refractivity contribution in [3.8, 4) is 5.75 Å². The quantitative estimate of drug-likeness (QED) is 0.692. The number of alkyl halides is 3. The molecule has 0 bridgehead atoms. The molecule has 1 amide bonds. The first kappa shape index (κ1) is 22.0. The molecule has 30 heavy (non-hydrogen) atoms. The second-order valence-corrected chi connectivity index (χ2v) is 8.44. The average Bonchev–Trinajstić information content (AvgIpc) is 3.17. The van der Waals surface area contributed by atoms with Gasteiger partial charge in [-0.25, -0.2) is 12.8 Å². The topological polar surface area (TPSA) is 75.7 Å². The number of benzene rings is 2. The molecule has 0 spiro atoms. The summed E-state index contributed by atoms with van der Waals surface area (Å²) in [7, 11) is -4.25. The van der Waals surface area contributed by atoms with Crippen LogP contribution in [0.2, 0.25) is 0 Å². The Labute approximate surface area is 170 Å². The molecule has 6 nitrogen and oxygen atoms in total. The summed E-state index contributed by atoms with van der Waals surface area (Å²) in [5.74, 6) is -2.08. The summed E-state index contributed by atoms with van der Waals surface area (Å²) < 4.78 is 82.1. The van der Waals surface area contributed by atoms with Crippen LogP contribution in [0.25, 0.3) is 0 Å². The maximum Gasteiger partial charge on any atom is 0.573 e. The zero-order chi connectivity index (χ0) is 21.9. The highest BCUT2D eigenvalue weighted by atomic mass is 32.2. The summed E-state index contributed by atoms with van der Waals surface area (Å²) in [5.41, 5.74) is 0.0738. The van der Waals surface area contributed by atoms with Crippen LogP contribution < -0.4 is 10.1 Å². The largest absolute Gasteiger partial charge is 0.573 e. The maximum atomic E-state index is 14.0. The van der Waals surface area contributed by atoms with Crippen molar-refractivity contribution in [2.45, 2.75) is 36.7 Å². The first-order chi connectivity index (χ1) is 14.1. The molecule has 1 N–H and O–H groups in total. The van der Waals surface area contributed by atoms with Gasteiger partial charge < -0.3 is 10.1 Å². The van der Waals surface area contributed by atoms with E-state index < -0.39 is 44.8 Å². The molecule has 0 radical (unpaired) electrons. The summed E-state index contributed by atoms with van der Waals surface area (Å²) in [6, 6.07) is 9.05. The smallest absolute Gasteiger partial charge is 0.405 e. The predicted octanol–water partition coefficient (Wildman–Crippen LogP) is 3.19. The zero-order valence-electron chi connectivity index (χ0n) is 15.5. The molecule has 1 saturated heterocycles. The number of carbonyl (C=O) groups is 1. The molecule has 0 aliphatic carbocycles. The van der Waals surface area contributed by atoms with Crippen LogP contribution in [-0.2, 0) is 21.4 Å². The van der Waals surface area contributed by atoms with Crippen molar-refractivity contribution in [2.24, 2.45) is 0 Å². The SMILES string of the molecule is O=C(NCc1ccccc1OC(F)(F)F)C1CCCN1S(=O)(=O)c1ccccc1F. The third kappa shape index (κ3) is 4.90. The van der Waals surface area contributed by atoms with E-state index in [4.69, 9.17) is 0 Å². The van der Waals surface area contributed by atoms with E-state index in [0.717, 1.165) is 22.5 Å². The summed E-state index contributed by atoms with van der Waals surface area (Å²) in [6.07, 6.45) is -4.30. The van der Waals surface area contributed by atoms with Gasteiger partial charge in [-0.3, -0.25) is 4.79 Å². The van der Waals surface area contributed by atoms with E-state index >= 15 is 0 Å². The molecule has 2 aromatic carbocycles. The van der Waals surface area contributed by atoms with Gasteiger partial charge in [-0.15, -0.1) is 13.2 Å². The minimum Gasteiger partial charge on any atom is -0.405 e. The molecule has 11 heteroatoms. The molecule has 0 saturated carbocycles. The number of rotatable bonds is 6. The van der Waals surface area contributed by atoms with Gasteiger partial charge in [0, 0.05) is 18.7 Å². The molecule has 0 aromatic heterocycles. The summed E-state index contributed by atoms with van der Waals surface area (Å²) in [6.45, 7) is -0.266. The van der Waals surface area contributed by atoms with Crippen LogP contribution in [-0.4, -0.2) is 37.6 Å². The fraction of sp³-hybridized carbons (Fsp3) is 0.316. The fourth-order valence-electron chi connectivity index (χ4n) is 3.24. The molecule has 1 fully saturated rings. The third-order valence-electron chi connectivity index (χ3n) is 4.58. The van der Waals surface area contributed by atoms with Crippen molar-refractivity contribution in [3.63, 3.8) is 0 Å². The predicted molar refractivity (Wildman–Crippen MR) is 98.3 cm³/mol. The highest BCUT2D eigenvalue weighted by Gasteiger charge is 2.40. The number of para-hydroxylation sites is 1. The van der Waals surface area contributed by atoms with Crippen molar-refractivity contribution in [1.29, 1.82) is 0 Å². The lowest BCUT2D eigenvalue weighted by atomic mass is 10.2. The van der Waals surface area contributed by atoms with Crippen LogP contribution in [0.15, 0.2) is 53.4 Å². The number of carbonyl (C=O) groups excluding carboxylic acids is 1. The number of hydrogen-bond acceptors (Lipinski definition) is 4. The second kappa shape index (κ2) is 8.60. The van der Waals surface area contributed by atoms with Gasteiger partial charge in [0.1, 0.15) is 22.5 Å². The number of hydrogen-bond donors (Lipinski definition) is 1. The van der Waals surface area contributed by atoms with Gasteiger partial charge in [-0.1, -0.05) is 30.3 Å². The van der Waals surface area contributed by atoms with E-state index in [1.807, 2.05) is 0 Å². The van der Waals surface area contributed by atoms with Crippen molar-refractivity contribution < 1.29 is 35.5 Å². The van der Waals surface area contributed by atoms with Crippen LogP contribution in [0.1, 0.15) is 18.4 Å². The third-order valence-corrected chi connectivity index (χ3v) is 6.52. The van der Waals surface area contributed by atoms with Gasteiger partial charge in [0.2, 0.25) is 15.9 Å². The van der Waals surface area contributed by atoms with E-state index in [9.17, 15) is 30.8 Å². The minimum absolute atomic E-state index is 0.0303. The van der Waals surface area contributed by atoms with Crippen LogP contribution in [0.3, 0.4) is 0 Å². The number of nitrogens with zero attached hydrogens (tertiary/aromatic N) is 1. The number of ether oxygens (including phenoxy) is 1. The summed E-state index contributed by atoms with van der Waals surface area (Å²) in [4.78, 5) is 12.1. The van der Waals surface area contributed by atoms with Gasteiger partial charge in [0.25, 0.3) is 0 Å². The zero-order valence-corrected chi connectivity index (χ0v) is 16.3. The van der Waals surface area contributed by atoms with E-state index in [0.29, 0.717) is 6.42 Å². The lowest BCUT2D eigenvalue weighted by molar-refractivity contribution is -0.274. The number of amides is 1. The monoisotopic (exact) mass is 446 g/mol. The van der Waals surface area contributed by atoms with E-state index in [2.05, 4.69) is 10.1 Å². The Morgan fingerprint density at radius 2 is 1.80 bits per heavy atom. The highest BCUT2D eigenvalue weighted by Crippen LogP contribution is 2.29. The number of nitrogens with one attached hydrogen (secondary N) is 1. The van der Waals surface area contributed by atoms with Crippen LogP contribution in [0.5, 0.6) is 5.75 Å². The van der Waals surface area contributed by atoms with E-state index in [1.165, 1.54) is 30.3 Å². The molecule has 1 atom stereocenters. The Balaban J connectivity index is 1.74. The Hall–Kier alpha value is -2.66. The average molecular weight is 446 g/mol. The van der Waals surface area contributed by atoms with Crippen LogP contribution >= 0.6 is 0 Å². The van der Waals surface area contributed by atoms with Crippen LogP contribution in [0, 0.1) is 5.82 Å². The molecule has 1 unspecified atom stereocenters. The van der Waals surface area contributed by atoms with Gasteiger partial charge in [0.05, 0.1) is 0 Å². The Morgan fingerprint density at radius 3 is 2.50 bits per heavy atom. The van der Waals surface area contributed by atoms with Gasteiger partial charge >= 0.3 is 6.36 Å². The number of halogens is 4. The lowest BCUT2D eigenvalue weighted by Crippen LogP contribution is -2.45. The van der Waals surface area contributed by atoms with Crippen molar-refractivity contribution in [2.75, 3.05) is 6.54 Å². The second-order valence-electron chi connectivity index (χ2n) is 6.58. The molecule has 1 aliphatic heterocycles. The molecular formula is C19H18F4N2O4S. The Kier molecular flexibility index (Phi) is 6.32. The van der Waals surface area contributed by atoms with Crippen molar-refractivity contribution in [3.05, 3.63) is 59.9 Å². The molecule has 162 valence electrons. The Bertz CT molecular complexity index is 1030. The lowest BCUT2D eigenvalue weighted by Gasteiger charge is -2.24. The van der Waals surface area contributed by atoms with Gasteiger partial charge in [-0.05, 0) is 31.0 Å². The molecule has 1 heterocycles. The fourth-order valence-corrected chi connectivity index (χ4v) is 4.97. The minimum atomic E-state index is -4.89. The maximum absolute atomic E-state index is 14.0. The first-order valence-corrected chi connectivity index (χ1v) is 10.4. The molecule has 3 rings (SSSR count). The van der Waals surface area contributed by atoms with Crippen LogP contribution in [0.4, 0.5) is 17.6 Å². The number of sulfonamides is 1. The van der Waals surface area contributed by atoms with Crippen molar-refractivity contribution >= 4 is 15.9 Å². The van der Waals surface area contributed by atoms with E-state index in [1.54, 1.807) is 0 Å². The van der Waals surface area contributed by atoms with Gasteiger partial charge in [-0.2, -0.15) is 4.31 Å².